The van der Waals surface area contributed by atoms with Crippen molar-refractivity contribution in [3.63, 3.8) is 0 Å². The van der Waals surface area contributed by atoms with Crippen LogP contribution in [0.5, 0.6) is 0 Å². The third-order valence-electron chi connectivity index (χ3n) is 3.06. The molecule has 2 rings (SSSR count). The van der Waals surface area contributed by atoms with Gasteiger partial charge in [-0.15, -0.1) is 0 Å². The number of nitrogen functional groups attached to an aromatic ring is 1. The predicted molar refractivity (Wildman–Crippen MR) is 76.1 cm³/mol. The molecule has 2 aromatic rings. The van der Waals surface area contributed by atoms with Gasteiger partial charge in [0, 0.05) is 0 Å². The topological polar surface area (TPSA) is 83.8 Å². The number of H-pyrrole nitrogens is 1. The Hall–Kier alpha value is -2.37. The number of nitrogens with two attached hydrogens (primary N) is 1. The summed E-state index contributed by atoms with van der Waals surface area (Å²) in [5.41, 5.74) is 7.80. The molecule has 0 unspecified atom stereocenters. The molecule has 4 N–H and O–H groups in total. The molecule has 0 aliphatic heterocycles. The molecule has 1 aromatic heterocycles. The van der Waals surface area contributed by atoms with Crippen LogP contribution >= 0.6 is 0 Å². The Kier molecular flexibility index (Phi) is 4.02. The molecular weight excluding hydrogens is 259 g/mol. The van der Waals surface area contributed by atoms with Crippen molar-refractivity contribution >= 4 is 17.3 Å². The monoisotopic (exact) mass is 276 g/mol. The number of nitrogens with zero attached hydrogens (tertiary/aromatic N) is 1. The number of aryl methyl sites for hydroxylation is 2. The van der Waals surface area contributed by atoms with E-state index < -0.39 is 11.7 Å². The van der Waals surface area contributed by atoms with E-state index >= 15 is 0 Å². The summed E-state index contributed by atoms with van der Waals surface area (Å²) in [5, 5.41) is 9.16. The maximum absolute atomic E-state index is 13.7. The maximum atomic E-state index is 13.7. The highest BCUT2D eigenvalue weighted by molar-refractivity contribution is 6.06. The number of para-hydroxylation sites is 1. The summed E-state index contributed by atoms with van der Waals surface area (Å²) in [6, 6.07) is 4.59. The number of amides is 1. The smallest absolute Gasteiger partial charge is 0.278 e. The van der Waals surface area contributed by atoms with Crippen LogP contribution in [0, 0.1) is 12.7 Å². The van der Waals surface area contributed by atoms with Gasteiger partial charge < -0.3 is 11.1 Å². The maximum Gasteiger partial charge on any atom is 0.278 e. The van der Waals surface area contributed by atoms with Crippen molar-refractivity contribution in [3.05, 3.63) is 41.0 Å². The van der Waals surface area contributed by atoms with E-state index in [0.717, 1.165) is 12.1 Å². The Morgan fingerprint density at radius 2 is 2.25 bits per heavy atom. The van der Waals surface area contributed by atoms with Crippen molar-refractivity contribution < 1.29 is 9.18 Å². The molecule has 20 heavy (non-hydrogen) atoms. The minimum absolute atomic E-state index is 0.0936. The van der Waals surface area contributed by atoms with Gasteiger partial charge in [0.2, 0.25) is 0 Å². The van der Waals surface area contributed by atoms with Crippen molar-refractivity contribution in [1.29, 1.82) is 0 Å². The van der Waals surface area contributed by atoms with E-state index in [1.54, 1.807) is 19.1 Å². The SMILES string of the molecule is CCCc1[nH]nc(C(=O)Nc2c(C)cccc2F)c1N. The quantitative estimate of drug-likeness (QED) is 0.802. The van der Waals surface area contributed by atoms with Crippen molar-refractivity contribution in [2.24, 2.45) is 0 Å². The number of anilines is 2. The van der Waals surface area contributed by atoms with Crippen LogP contribution in [0.2, 0.25) is 0 Å². The van der Waals surface area contributed by atoms with Gasteiger partial charge in [0.1, 0.15) is 5.82 Å². The molecular formula is C14H17FN4O. The fourth-order valence-electron chi connectivity index (χ4n) is 1.96. The summed E-state index contributed by atoms with van der Waals surface area (Å²) in [6.45, 7) is 3.72. The van der Waals surface area contributed by atoms with Crippen LogP contribution in [0.1, 0.15) is 35.1 Å². The van der Waals surface area contributed by atoms with Gasteiger partial charge in [-0.05, 0) is 25.0 Å². The molecule has 0 aliphatic carbocycles. The fraction of sp³-hybridized carbons (Fsp3) is 0.286. The van der Waals surface area contributed by atoms with Crippen LogP contribution in [0.15, 0.2) is 18.2 Å². The van der Waals surface area contributed by atoms with Gasteiger partial charge in [0.25, 0.3) is 5.91 Å². The Morgan fingerprint density at radius 3 is 2.90 bits per heavy atom. The first-order valence-electron chi connectivity index (χ1n) is 6.43. The lowest BCUT2D eigenvalue weighted by atomic mass is 10.1. The summed E-state index contributed by atoms with van der Waals surface area (Å²) >= 11 is 0. The number of nitrogens with one attached hydrogen (secondary N) is 2. The highest BCUT2D eigenvalue weighted by atomic mass is 19.1. The van der Waals surface area contributed by atoms with Gasteiger partial charge >= 0.3 is 0 Å². The Balaban J connectivity index is 2.25. The molecule has 0 bridgehead atoms. The zero-order valence-electron chi connectivity index (χ0n) is 11.5. The molecule has 1 amide bonds. The van der Waals surface area contributed by atoms with Crippen molar-refractivity contribution in [2.75, 3.05) is 11.1 Å². The minimum atomic E-state index is -0.519. The largest absolute Gasteiger partial charge is 0.395 e. The lowest BCUT2D eigenvalue weighted by Gasteiger charge is -2.08. The highest BCUT2D eigenvalue weighted by Gasteiger charge is 2.18. The zero-order chi connectivity index (χ0) is 14.7. The number of carbonyl (C=O) groups excluding carboxylic acids is 1. The fourth-order valence-corrected chi connectivity index (χ4v) is 1.96. The molecule has 0 saturated carbocycles. The average Bonchev–Trinajstić information content (AvgIpc) is 2.76. The van der Waals surface area contributed by atoms with E-state index in [4.69, 9.17) is 5.73 Å². The van der Waals surface area contributed by atoms with E-state index in [9.17, 15) is 9.18 Å². The first kappa shape index (κ1) is 14.0. The second-order valence-electron chi connectivity index (χ2n) is 4.60. The summed E-state index contributed by atoms with van der Waals surface area (Å²) in [4.78, 5) is 12.1. The van der Waals surface area contributed by atoms with Crippen LogP contribution in [0.4, 0.5) is 15.8 Å². The van der Waals surface area contributed by atoms with E-state index in [2.05, 4.69) is 15.5 Å². The number of aromatic nitrogens is 2. The molecule has 6 heteroatoms. The minimum Gasteiger partial charge on any atom is -0.395 e. The van der Waals surface area contributed by atoms with Gasteiger partial charge in [-0.3, -0.25) is 9.89 Å². The van der Waals surface area contributed by atoms with E-state index in [1.165, 1.54) is 6.07 Å². The van der Waals surface area contributed by atoms with E-state index in [1.807, 2.05) is 6.92 Å². The van der Waals surface area contributed by atoms with Crippen LogP contribution in [0.3, 0.4) is 0 Å². The van der Waals surface area contributed by atoms with Gasteiger partial charge in [0.15, 0.2) is 5.69 Å². The molecule has 1 heterocycles. The standard InChI is InChI=1S/C14H17FN4O/c1-3-5-10-11(16)13(19-18-10)14(20)17-12-8(2)6-4-7-9(12)15/h4,6-7H,3,5,16H2,1-2H3,(H,17,20)(H,18,19). The number of aromatic amines is 1. The lowest BCUT2D eigenvalue weighted by molar-refractivity contribution is 0.102. The molecule has 5 nitrogen and oxygen atoms in total. The lowest BCUT2D eigenvalue weighted by Crippen LogP contribution is -2.16. The molecule has 1 aromatic carbocycles. The zero-order valence-corrected chi connectivity index (χ0v) is 11.5. The third kappa shape index (κ3) is 2.64. The van der Waals surface area contributed by atoms with Gasteiger partial charge in [-0.1, -0.05) is 25.5 Å². The van der Waals surface area contributed by atoms with Crippen LogP contribution in [-0.4, -0.2) is 16.1 Å². The summed E-state index contributed by atoms with van der Waals surface area (Å²) in [7, 11) is 0. The van der Waals surface area contributed by atoms with Gasteiger partial charge in [0.05, 0.1) is 17.1 Å². The number of hydrogen-bond donors (Lipinski definition) is 3. The normalized spacial score (nSPS) is 10.6. The number of carbonyl (C=O) groups is 1. The first-order valence-corrected chi connectivity index (χ1v) is 6.43. The Bertz CT molecular complexity index is 616. The molecule has 0 atom stereocenters. The number of hydrogen-bond acceptors (Lipinski definition) is 3. The van der Waals surface area contributed by atoms with Crippen LogP contribution in [-0.2, 0) is 6.42 Å². The summed E-state index contributed by atoms with van der Waals surface area (Å²) in [6.07, 6.45) is 1.60. The van der Waals surface area contributed by atoms with Gasteiger partial charge in [-0.2, -0.15) is 5.10 Å². The number of rotatable bonds is 4. The van der Waals surface area contributed by atoms with Crippen LogP contribution < -0.4 is 11.1 Å². The molecule has 0 aliphatic rings. The van der Waals surface area contributed by atoms with Crippen molar-refractivity contribution in [2.45, 2.75) is 26.7 Å². The summed E-state index contributed by atoms with van der Waals surface area (Å²) in [5.74, 6) is -1.00. The van der Waals surface area contributed by atoms with Crippen molar-refractivity contribution in [3.8, 4) is 0 Å². The Labute approximate surface area is 116 Å². The first-order chi connectivity index (χ1) is 9.54. The second-order valence-corrected chi connectivity index (χ2v) is 4.60. The second kappa shape index (κ2) is 5.73. The van der Waals surface area contributed by atoms with Gasteiger partial charge in [-0.25, -0.2) is 4.39 Å². The van der Waals surface area contributed by atoms with Crippen LogP contribution in [0.25, 0.3) is 0 Å². The molecule has 0 saturated heterocycles. The number of halogens is 1. The molecule has 106 valence electrons. The summed E-state index contributed by atoms with van der Waals surface area (Å²) < 4.78 is 13.7. The van der Waals surface area contributed by atoms with E-state index in [-0.39, 0.29) is 11.4 Å². The number of benzene rings is 1. The average molecular weight is 276 g/mol. The molecule has 0 fully saturated rings. The predicted octanol–water partition coefficient (Wildman–Crippen LogP) is 2.64. The highest BCUT2D eigenvalue weighted by Crippen LogP contribution is 2.21. The Morgan fingerprint density at radius 1 is 1.50 bits per heavy atom. The molecule has 0 spiro atoms. The van der Waals surface area contributed by atoms with E-state index in [0.29, 0.717) is 17.7 Å². The van der Waals surface area contributed by atoms with Crippen molar-refractivity contribution in [1.82, 2.24) is 10.2 Å². The molecule has 0 radical (unpaired) electrons. The third-order valence-corrected chi connectivity index (χ3v) is 3.06.